The molecule has 0 aliphatic rings. The Morgan fingerprint density at radius 2 is 2.00 bits per heavy atom. The van der Waals surface area contributed by atoms with Crippen LogP contribution in [-0.4, -0.2) is 26.8 Å². The maximum absolute atomic E-state index is 9.28. The largest absolute Gasteiger partial charge is 0.508 e. The number of benzene rings is 1. The van der Waals surface area contributed by atoms with Gasteiger partial charge in [0, 0.05) is 12.7 Å². The molecule has 3 rings (SSSR count). The molecule has 0 unspecified atom stereocenters. The Morgan fingerprint density at radius 1 is 1.18 bits per heavy atom. The molecule has 1 aromatic carbocycles. The van der Waals surface area contributed by atoms with Gasteiger partial charge in [0.25, 0.3) is 5.89 Å². The van der Waals surface area contributed by atoms with E-state index in [1.165, 1.54) is 0 Å². The van der Waals surface area contributed by atoms with Crippen LogP contribution in [0.25, 0.3) is 11.5 Å². The summed E-state index contributed by atoms with van der Waals surface area (Å²) in [5, 5.41) is 16.4. The van der Waals surface area contributed by atoms with Crippen molar-refractivity contribution in [1.82, 2.24) is 15.1 Å². The highest BCUT2D eigenvalue weighted by Crippen LogP contribution is 2.24. The van der Waals surface area contributed by atoms with Crippen LogP contribution in [0.15, 0.2) is 47.1 Å². The first-order chi connectivity index (χ1) is 10.7. The zero-order valence-corrected chi connectivity index (χ0v) is 12.2. The fourth-order valence-corrected chi connectivity index (χ4v) is 2.11. The number of nitrogens with zero attached hydrogens (tertiary/aromatic N) is 3. The molecule has 112 valence electrons. The molecule has 0 atom stereocenters. The summed E-state index contributed by atoms with van der Waals surface area (Å²) in [4.78, 5) is 8.56. The SMILES string of the molecule is Cc1noc(-c2cccnc2NCCc2ccc(O)cc2)n1. The van der Waals surface area contributed by atoms with Crippen LogP contribution >= 0.6 is 0 Å². The van der Waals surface area contributed by atoms with E-state index < -0.39 is 0 Å². The fourth-order valence-electron chi connectivity index (χ4n) is 2.11. The van der Waals surface area contributed by atoms with Gasteiger partial charge in [-0.15, -0.1) is 0 Å². The van der Waals surface area contributed by atoms with Crippen LogP contribution in [-0.2, 0) is 6.42 Å². The maximum Gasteiger partial charge on any atom is 0.261 e. The molecule has 6 nitrogen and oxygen atoms in total. The molecule has 2 N–H and O–H groups in total. The Balaban J connectivity index is 1.69. The summed E-state index contributed by atoms with van der Waals surface area (Å²) >= 11 is 0. The molecular weight excluding hydrogens is 280 g/mol. The van der Waals surface area contributed by atoms with Gasteiger partial charge in [0.15, 0.2) is 5.82 Å². The molecule has 0 amide bonds. The van der Waals surface area contributed by atoms with Gasteiger partial charge < -0.3 is 14.9 Å². The number of aryl methyl sites for hydroxylation is 1. The van der Waals surface area contributed by atoms with Gasteiger partial charge in [0.1, 0.15) is 11.6 Å². The lowest BCUT2D eigenvalue weighted by atomic mass is 10.1. The van der Waals surface area contributed by atoms with Gasteiger partial charge in [-0.25, -0.2) is 4.98 Å². The molecule has 0 saturated carbocycles. The predicted molar refractivity (Wildman–Crippen MR) is 82.6 cm³/mol. The minimum Gasteiger partial charge on any atom is -0.508 e. The molecule has 0 spiro atoms. The number of aromatic hydroxyl groups is 1. The molecule has 0 saturated heterocycles. The summed E-state index contributed by atoms with van der Waals surface area (Å²) in [5.41, 5.74) is 1.92. The third-order valence-corrected chi connectivity index (χ3v) is 3.21. The zero-order valence-electron chi connectivity index (χ0n) is 12.2. The summed E-state index contributed by atoms with van der Waals surface area (Å²) < 4.78 is 5.20. The number of rotatable bonds is 5. The van der Waals surface area contributed by atoms with Crippen molar-refractivity contribution in [3.63, 3.8) is 0 Å². The maximum atomic E-state index is 9.28. The standard InChI is InChI=1S/C16H16N4O2/c1-11-19-16(22-20-11)14-3-2-9-17-15(14)18-10-8-12-4-6-13(21)7-5-12/h2-7,9,21H,8,10H2,1H3,(H,17,18). The second kappa shape index (κ2) is 6.26. The Kier molecular flexibility index (Phi) is 4.00. The van der Waals surface area contributed by atoms with Crippen molar-refractivity contribution < 1.29 is 9.63 Å². The lowest BCUT2D eigenvalue weighted by Gasteiger charge is -2.08. The molecule has 2 aromatic heterocycles. The van der Waals surface area contributed by atoms with Crippen molar-refractivity contribution in [2.24, 2.45) is 0 Å². The summed E-state index contributed by atoms with van der Waals surface area (Å²) in [6, 6.07) is 10.9. The van der Waals surface area contributed by atoms with E-state index in [1.807, 2.05) is 24.3 Å². The van der Waals surface area contributed by atoms with E-state index >= 15 is 0 Å². The number of hydrogen-bond acceptors (Lipinski definition) is 6. The van der Waals surface area contributed by atoms with Crippen molar-refractivity contribution in [2.75, 3.05) is 11.9 Å². The van der Waals surface area contributed by atoms with E-state index in [0.29, 0.717) is 24.1 Å². The Morgan fingerprint density at radius 3 is 2.73 bits per heavy atom. The van der Waals surface area contributed by atoms with Crippen molar-refractivity contribution >= 4 is 5.82 Å². The number of phenolic OH excluding ortho intramolecular Hbond substituents is 1. The van der Waals surface area contributed by atoms with Crippen molar-refractivity contribution in [1.29, 1.82) is 0 Å². The first-order valence-corrected chi connectivity index (χ1v) is 7.00. The smallest absolute Gasteiger partial charge is 0.261 e. The highest BCUT2D eigenvalue weighted by molar-refractivity contribution is 5.68. The van der Waals surface area contributed by atoms with Crippen LogP contribution in [0.2, 0.25) is 0 Å². The number of phenols is 1. The average molecular weight is 296 g/mol. The van der Waals surface area contributed by atoms with E-state index in [9.17, 15) is 5.11 Å². The van der Waals surface area contributed by atoms with Crippen molar-refractivity contribution in [3.05, 3.63) is 54.0 Å². The first kappa shape index (κ1) is 14.1. The van der Waals surface area contributed by atoms with Crippen LogP contribution in [0.5, 0.6) is 5.75 Å². The van der Waals surface area contributed by atoms with Crippen molar-refractivity contribution in [2.45, 2.75) is 13.3 Å². The molecular formula is C16H16N4O2. The number of anilines is 1. The van der Waals surface area contributed by atoms with Crippen LogP contribution in [0, 0.1) is 6.92 Å². The number of nitrogens with one attached hydrogen (secondary N) is 1. The van der Waals surface area contributed by atoms with Gasteiger partial charge >= 0.3 is 0 Å². The van der Waals surface area contributed by atoms with Gasteiger partial charge in [-0.2, -0.15) is 4.98 Å². The van der Waals surface area contributed by atoms with Crippen LogP contribution in [0.3, 0.4) is 0 Å². The van der Waals surface area contributed by atoms with Crippen LogP contribution in [0.4, 0.5) is 5.82 Å². The number of hydrogen-bond donors (Lipinski definition) is 2. The van der Waals surface area contributed by atoms with E-state index in [2.05, 4.69) is 20.4 Å². The molecule has 6 heteroatoms. The molecule has 3 aromatic rings. The van der Waals surface area contributed by atoms with Crippen LogP contribution in [0.1, 0.15) is 11.4 Å². The second-order valence-electron chi connectivity index (χ2n) is 4.89. The molecule has 0 bridgehead atoms. The normalized spacial score (nSPS) is 10.6. The quantitative estimate of drug-likeness (QED) is 0.753. The van der Waals surface area contributed by atoms with Crippen LogP contribution < -0.4 is 5.32 Å². The lowest BCUT2D eigenvalue weighted by Crippen LogP contribution is -2.07. The topological polar surface area (TPSA) is 84.1 Å². The van der Waals surface area contributed by atoms with Gasteiger partial charge in [0.05, 0.1) is 5.56 Å². The highest BCUT2D eigenvalue weighted by Gasteiger charge is 2.11. The molecule has 22 heavy (non-hydrogen) atoms. The highest BCUT2D eigenvalue weighted by atomic mass is 16.5. The summed E-state index contributed by atoms with van der Waals surface area (Å²) in [6.07, 6.45) is 2.54. The predicted octanol–water partition coefficient (Wildman–Crippen LogP) is 2.80. The summed E-state index contributed by atoms with van der Waals surface area (Å²) in [7, 11) is 0. The third-order valence-electron chi connectivity index (χ3n) is 3.21. The second-order valence-corrected chi connectivity index (χ2v) is 4.89. The number of aromatic nitrogens is 3. The Labute approximate surface area is 127 Å². The van der Waals surface area contributed by atoms with E-state index in [4.69, 9.17) is 4.52 Å². The average Bonchev–Trinajstić information content (AvgIpc) is 2.96. The van der Waals surface area contributed by atoms with Gasteiger partial charge in [-0.05, 0) is 43.2 Å². The van der Waals surface area contributed by atoms with Crippen molar-refractivity contribution in [3.8, 4) is 17.2 Å². The minimum absolute atomic E-state index is 0.274. The summed E-state index contributed by atoms with van der Waals surface area (Å²) in [5.74, 6) is 2.03. The monoisotopic (exact) mass is 296 g/mol. The zero-order chi connectivity index (χ0) is 15.4. The molecule has 2 heterocycles. The molecule has 0 aliphatic carbocycles. The van der Waals surface area contributed by atoms with Gasteiger partial charge in [-0.3, -0.25) is 0 Å². The Hall–Kier alpha value is -2.89. The Bertz CT molecular complexity index is 753. The molecule has 0 radical (unpaired) electrons. The lowest BCUT2D eigenvalue weighted by molar-refractivity contribution is 0.425. The first-order valence-electron chi connectivity index (χ1n) is 7.00. The van der Waals surface area contributed by atoms with Gasteiger partial charge in [-0.1, -0.05) is 17.3 Å². The number of pyridine rings is 1. The molecule has 0 aliphatic heterocycles. The van der Waals surface area contributed by atoms with E-state index in [1.54, 1.807) is 25.3 Å². The summed E-state index contributed by atoms with van der Waals surface area (Å²) in [6.45, 7) is 2.49. The minimum atomic E-state index is 0.274. The van der Waals surface area contributed by atoms with E-state index in [0.717, 1.165) is 17.5 Å². The molecule has 0 fully saturated rings. The van der Waals surface area contributed by atoms with E-state index in [-0.39, 0.29) is 5.75 Å². The fraction of sp³-hybridized carbons (Fsp3) is 0.188. The third kappa shape index (κ3) is 3.22. The van der Waals surface area contributed by atoms with Gasteiger partial charge in [0.2, 0.25) is 0 Å².